The van der Waals surface area contributed by atoms with Crippen LogP contribution >= 0.6 is 0 Å². The quantitative estimate of drug-likeness (QED) is 0.563. The van der Waals surface area contributed by atoms with Gasteiger partial charge in [0.25, 0.3) is 0 Å². The fraction of sp³-hybridized carbons (Fsp3) is 0.846. The van der Waals surface area contributed by atoms with Crippen LogP contribution < -0.4 is 0 Å². The van der Waals surface area contributed by atoms with E-state index in [2.05, 4.69) is 19.7 Å². The van der Waals surface area contributed by atoms with Crippen LogP contribution in [0.25, 0.3) is 0 Å². The average molecular weight is 273 g/mol. The molecule has 0 aromatic heterocycles. The highest BCUT2D eigenvalue weighted by Crippen LogP contribution is 2.20. The third-order valence-corrected chi connectivity index (χ3v) is 8.53. The lowest BCUT2D eigenvalue weighted by atomic mass is 10.4. The molecule has 1 atom stereocenters. The molecule has 2 rings (SSSR count). The molecule has 2 saturated heterocycles. The van der Waals surface area contributed by atoms with Crippen molar-refractivity contribution in [2.75, 3.05) is 13.2 Å². The summed E-state index contributed by atoms with van der Waals surface area (Å²) in [4.78, 5) is 0. The normalized spacial score (nSPS) is 27.8. The lowest BCUT2D eigenvalue weighted by Gasteiger charge is -2.27. The predicted octanol–water partition coefficient (Wildman–Crippen LogP) is 3.71. The van der Waals surface area contributed by atoms with Crippen molar-refractivity contribution >= 4 is 17.4 Å². The van der Waals surface area contributed by atoms with Gasteiger partial charge >= 0.3 is 0 Å². The largest absolute Gasteiger partial charge is 0.420 e. The molecule has 0 amide bonds. The number of rotatable bonds is 2. The van der Waals surface area contributed by atoms with Crippen molar-refractivity contribution < 1.29 is 8.85 Å². The summed E-state index contributed by atoms with van der Waals surface area (Å²) >= 11 is 0. The molecule has 1 unspecified atom stereocenters. The number of hydrogen-bond donors (Lipinski definition) is 0. The Morgan fingerprint density at radius 2 is 1.94 bits per heavy atom. The van der Waals surface area contributed by atoms with Crippen LogP contribution in [0.2, 0.25) is 31.2 Å². The van der Waals surface area contributed by atoms with Gasteiger partial charge in [-0.15, -0.1) is 6.58 Å². The zero-order valence-electron chi connectivity index (χ0n) is 11.5. The third kappa shape index (κ3) is 7.18. The van der Waals surface area contributed by atoms with Crippen LogP contribution in [-0.4, -0.2) is 30.6 Å². The maximum atomic E-state index is 5.60. The molecular weight excluding hydrogens is 244 g/mol. The van der Waals surface area contributed by atoms with E-state index in [-0.39, 0.29) is 0 Å². The summed E-state index contributed by atoms with van der Waals surface area (Å²) in [5, 5.41) is 0. The van der Waals surface area contributed by atoms with Gasteiger partial charge in [-0.05, 0) is 44.1 Å². The molecule has 0 aromatic carbocycles. The lowest BCUT2D eigenvalue weighted by molar-refractivity contribution is 0.275. The van der Waals surface area contributed by atoms with E-state index in [1.165, 1.54) is 43.8 Å². The second-order valence-electron chi connectivity index (χ2n) is 5.58. The molecule has 2 aliphatic rings. The molecule has 0 bridgehead atoms. The summed E-state index contributed by atoms with van der Waals surface area (Å²) in [6, 6.07) is 3.90. The minimum atomic E-state index is -1.09. The highest BCUT2D eigenvalue weighted by atomic mass is 28.4. The first-order valence-electron chi connectivity index (χ1n) is 7.00. The summed E-state index contributed by atoms with van der Waals surface area (Å²) in [5.41, 5.74) is 0. The van der Waals surface area contributed by atoms with Gasteiger partial charge < -0.3 is 8.85 Å². The first kappa shape index (κ1) is 15.2. The molecule has 2 heterocycles. The zero-order valence-corrected chi connectivity index (χ0v) is 13.7. The second-order valence-corrected chi connectivity index (χ2v) is 12.5. The van der Waals surface area contributed by atoms with Gasteiger partial charge in [0.15, 0.2) is 17.4 Å². The van der Waals surface area contributed by atoms with Crippen molar-refractivity contribution in [2.24, 2.45) is 0 Å². The third-order valence-electron chi connectivity index (χ3n) is 3.37. The maximum absolute atomic E-state index is 5.60. The smallest absolute Gasteiger partial charge is 0.186 e. The molecule has 0 aromatic rings. The molecule has 0 N–H and O–H groups in total. The van der Waals surface area contributed by atoms with Crippen molar-refractivity contribution in [3.63, 3.8) is 0 Å². The summed E-state index contributed by atoms with van der Waals surface area (Å²) in [7, 11) is -1.83. The van der Waals surface area contributed by atoms with Crippen molar-refractivity contribution in [1.29, 1.82) is 0 Å². The van der Waals surface area contributed by atoms with Crippen LogP contribution in [0.1, 0.15) is 25.7 Å². The second kappa shape index (κ2) is 8.24. The van der Waals surface area contributed by atoms with E-state index in [4.69, 9.17) is 8.85 Å². The fourth-order valence-electron chi connectivity index (χ4n) is 2.25. The van der Waals surface area contributed by atoms with E-state index >= 15 is 0 Å². The minimum Gasteiger partial charge on any atom is -0.420 e. The van der Waals surface area contributed by atoms with Gasteiger partial charge in [-0.2, -0.15) is 0 Å². The Hall–Kier alpha value is 0.0938. The van der Waals surface area contributed by atoms with Gasteiger partial charge in [0.05, 0.1) is 0 Å². The Bertz CT molecular complexity index is 205. The zero-order chi connectivity index (χ0) is 12.6. The molecule has 0 radical (unpaired) electrons. The number of allylic oxidation sites excluding steroid dienone is 1. The molecule has 100 valence electrons. The van der Waals surface area contributed by atoms with E-state index in [9.17, 15) is 0 Å². The van der Waals surface area contributed by atoms with Gasteiger partial charge in [0.1, 0.15) is 0 Å². The van der Waals surface area contributed by atoms with Crippen LogP contribution in [0.5, 0.6) is 0 Å². The highest BCUT2D eigenvalue weighted by Gasteiger charge is 2.24. The van der Waals surface area contributed by atoms with E-state index in [0.29, 0.717) is 0 Å². The molecule has 17 heavy (non-hydrogen) atoms. The van der Waals surface area contributed by atoms with Crippen LogP contribution in [0.3, 0.4) is 0 Å². The molecule has 2 nitrogen and oxygen atoms in total. The summed E-state index contributed by atoms with van der Waals surface area (Å²) < 4.78 is 11.2. The predicted molar refractivity (Wildman–Crippen MR) is 79.6 cm³/mol. The van der Waals surface area contributed by atoms with Crippen LogP contribution in [0.4, 0.5) is 0 Å². The van der Waals surface area contributed by atoms with Crippen molar-refractivity contribution in [1.82, 2.24) is 0 Å². The molecule has 4 heteroatoms. The summed E-state index contributed by atoms with van der Waals surface area (Å²) in [6.07, 6.45) is 7.36. The summed E-state index contributed by atoms with van der Waals surface area (Å²) in [6.45, 7) is 10.4. The van der Waals surface area contributed by atoms with E-state index in [1.54, 1.807) is 0 Å². The fourth-order valence-corrected chi connectivity index (χ4v) is 6.35. The average Bonchev–Trinajstić information content (AvgIpc) is 2.31. The SMILES string of the molecule is C=CC[SiH]1CCCCO1.C[Si]1(C)CCCCO1. The monoisotopic (exact) mass is 272 g/mol. The Kier molecular flexibility index (Phi) is 7.34. The highest BCUT2D eigenvalue weighted by molar-refractivity contribution is 6.71. The Morgan fingerprint density at radius 3 is 2.35 bits per heavy atom. The van der Waals surface area contributed by atoms with E-state index in [0.717, 1.165) is 13.2 Å². The van der Waals surface area contributed by atoms with Gasteiger partial charge in [-0.1, -0.05) is 18.9 Å². The standard InChI is InChI=1S/C7H14OSi.C6H14OSi/c1-2-6-9-7-4-3-5-8-9;1-8(2)6-4-3-5-7-8/h2,9H,1,3-7H2;3-6H2,1-2H3. The Balaban J connectivity index is 0.000000171. The van der Waals surface area contributed by atoms with Gasteiger partial charge in [0, 0.05) is 13.2 Å². The van der Waals surface area contributed by atoms with Crippen LogP contribution in [-0.2, 0) is 8.85 Å². The minimum absolute atomic E-state index is 0.744. The topological polar surface area (TPSA) is 18.5 Å². The Labute approximate surface area is 109 Å². The molecule has 0 saturated carbocycles. The van der Waals surface area contributed by atoms with E-state index < -0.39 is 17.4 Å². The maximum Gasteiger partial charge on any atom is 0.186 e. The number of hydrogen-bond acceptors (Lipinski definition) is 2. The van der Waals surface area contributed by atoms with Gasteiger partial charge in [-0.3, -0.25) is 0 Å². The summed E-state index contributed by atoms with van der Waals surface area (Å²) in [5.74, 6) is 0. The molecular formula is C13H28O2Si2. The van der Waals surface area contributed by atoms with Gasteiger partial charge in [0.2, 0.25) is 0 Å². The van der Waals surface area contributed by atoms with Crippen molar-refractivity contribution in [2.45, 2.75) is 56.9 Å². The van der Waals surface area contributed by atoms with Crippen molar-refractivity contribution in [3.05, 3.63) is 12.7 Å². The van der Waals surface area contributed by atoms with Crippen LogP contribution in [0.15, 0.2) is 12.7 Å². The molecule has 0 aliphatic carbocycles. The van der Waals surface area contributed by atoms with E-state index in [1.807, 2.05) is 6.08 Å². The van der Waals surface area contributed by atoms with Gasteiger partial charge in [-0.25, -0.2) is 0 Å². The molecule has 2 fully saturated rings. The first-order chi connectivity index (χ1) is 8.14. The van der Waals surface area contributed by atoms with Crippen molar-refractivity contribution in [3.8, 4) is 0 Å². The molecule has 0 spiro atoms. The first-order valence-corrected chi connectivity index (χ1v) is 12.2. The molecule has 2 aliphatic heterocycles. The Morgan fingerprint density at radius 1 is 1.18 bits per heavy atom. The lowest BCUT2D eigenvalue weighted by Crippen LogP contribution is -2.33. The van der Waals surface area contributed by atoms with Crippen LogP contribution in [0, 0.1) is 0 Å².